The number of carbonyl (C=O) groups is 1. The molecule has 0 aromatic heterocycles. The van der Waals surface area contributed by atoms with Crippen molar-refractivity contribution in [1.29, 1.82) is 0 Å². The molecule has 2 aromatic rings. The number of nitrogen functional groups attached to an aromatic ring is 1. The van der Waals surface area contributed by atoms with Crippen molar-refractivity contribution < 1.29 is 9.53 Å². The number of hydrogen-bond donors (Lipinski definition) is 2. The molecule has 0 heterocycles. The minimum Gasteiger partial charge on any atom is -0.496 e. The summed E-state index contributed by atoms with van der Waals surface area (Å²) < 4.78 is 6.17. The highest BCUT2D eigenvalue weighted by molar-refractivity contribution is 9.10. The maximum Gasteiger partial charge on any atom is 0.255 e. The molecule has 20 heavy (non-hydrogen) atoms. The SMILES string of the molecule is COc1ccc(N)cc1C(=O)NCc1ccc(Br)cc1. The van der Waals surface area contributed by atoms with Crippen LogP contribution in [0.1, 0.15) is 15.9 Å². The Morgan fingerprint density at radius 1 is 1.25 bits per heavy atom. The van der Waals surface area contributed by atoms with E-state index < -0.39 is 0 Å². The molecule has 0 radical (unpaired) electrons. The molecule has 3 N–H and O–H groups in total. The fraction of sp³-hybridized carbons (Fsp3) is 0.133. The van der Waals surface area contributed by atoms with E-state index in [1.807, 2.05) is 24.3 Å². The smallest absolute Gasteiger partial charge is 0.255 e. The van der Waals surface area contributed by atoms with Crippen LogP contribution in [0.25, 0.3) is 0 Å². The fourth-order valence-electron chi connectivity index (χ4n) is 1.78. The van der Waals surface area contributed by atoms with Crippen molar-refractivity contribution in [1.82, 2.24) is 5.32 Å². The summed E-state index contributed by atoms with van der Waals surface area (Å²) in [5, 5.41) is 2.85. The maximum absolute atomic E-state index is 12.2. The molecule has 1 amide bonds. The first kappa shape index (κ1) is 14.4. The number of anilines is 1. The highest BCUT2D eigenvalue weighted by Crippen LogP contribution is 2.21. The Morgan fingerprint density at radius 2 is 1.95 bits per heavy atom. The van der Waals surface area contributed by atoms with Crippen LogP contribution in [0, 0.1) is 0 Å². The first-order valence-electron chi connectivity index (χ1n) is 6.06. The average Bonchev–Trinajstić information content (AvgIpc) is 2.46. The molecule has 0 aliphatic carbocycles. The van der Waals surface area contributed by atoms with Gasteiger partial charge in [0, 0.05) is 16.7 Å². The minimum absolute atomic E-state index is 0.211. The Hall–Kier alpha value is -2.01. The topological polar surface area (TPSA) is 64.3 Å². The Morgan fingerprint density at radius 3 is 2.60 bits per heavy atom. The van der Waals surface area contributed by atoms with Crippen LogP contribution in [0.4, 0.5) is 5.69 Å². The maximum atomic E-state index is 12.2. The van der Waals surface area contributed by atoms with E-state index in [1.54, 1.807) is 18.2 Å². The lowest BCUT2D eigenvalue weighted by molar-refractivity contribution is 0.0948. The second-order valence-electron chi connectivity index (χ2n) is 4.27. The van der Waals surface area contributed by atoms with E-state index in [9.17, 15) is 4.79 Å². The van der Waals surface area contributed by atoms with Gasteiger partial charge in [-0.05, 0) is 35.9 Å². The summed E-state index contributed by atoms with van der Waals surface area (Å²) in [7, 11) is 1.52. The van der Waals surface area contributed by atoms with Gasteiger partial charge < -0.3 is 15.8 Å². The zero-order valence-corrected chi connectivity index (χ0v) is 12.6. The van der Waals surface area contributed by atoms with E-state index >= 15 is 0 Å². The van der Waals surface area contributed by atoms with Gasteiger partial charge in [-0.15, -0.1) is 0 Å². The molecule has 2 rings (SSSR count). The third kappa shape index (κ3) is 3.51. The summed E-state index contributed by atoms with van der Waals surface area (Å²) in [4.78, 5) is 12.2. The lowest BCUT2D eigenvalue weighted by Crippen LogP contribution is -2.23. The summed E-state index contributed by atoms with van der Waals surface area (Å²) in [5.41, 5.74) is 7.68. The van der Waals surface area contributed by atoms with E-state index in [2.05, 4.69) is 21.2 Å². The Balaban J connectivity index is 2.08. The third-order valence-corrected chi connectivity index (χ3v) is 3.36. The molecule has 0 fully saturated rings. The van der Waals surface area contributed by atoms with Gasteiger partial charge in [-0.25, -0.2) is 0 Å². The van der Waals surface area contributed by atoms with Gasteiger partial charge in [-0.2, -0.15) is 0 Å². The molecule has 0 spiro atoms. The van der Waals surface area contributed by atoms with E-state index in [0.717, 1.165) is 10.0 Å². The first-order valence-corrected chi connectivity index (χ1v) is 6.85. The zero-order chi connectivity index (χ0) is 14.5. The summed E-state index contributed by atoms with van der Waals surface area (Å²) >= 11 is 3.37. The number of halogens is 1. The first-order chi connectivity index (χ1) is 9.60. The average molecular weight is 335 g/mol. The second-order valence-corrected chi connectivity index (χ2v) is 5.18. The normalized spacial score (nSPS) is 10.1. The number of rotatable bonds is 4. The molecule has 0 saturated carbocycles. The van der Waals surface area contributed by atoms with Gasteiger partial charge in [-0.3, -0.25) is 4.79 Å². The lowest BCUT2D eigenvalue weighted by Gasteiger charge is -2.10. The Kier molecular flexibility index (Phi) is 4.63. The van der Waals surface area contributed by atoms with Gasteiger partial charge in [0.15, 0.2) is 0 Å². The number of benzene rings is 2. The summed E-state index contributed by atoms with van der Waals surface area (Å²) in [6.45, 7) is 0.448. The number of carbonyl (C=O) groups excluding carboxylic acids is 1. The molecule has 5 heteroatoms. The van der Waals surface area contributed by atoms with Crippen LogP contribution >= 0.6 is 15.9 Å². The summed E-state index contributed by atoms with van der Waals surface area (Å²) in [6, 6.07) is 12.7. The number of hydrogen-bond acceptors (Lipinski definition) is 3. The van der Waals surface area contributed by atoms with Crippen LogP contribution < -0.4 is 15.8 Å². The van der Waals surface area contributed by atoms with Crippen LogP contribution in [0.15, 0.2) is 46.9 Å². The van der Waals surface area contributed by atoms with Gasteiger partial charge in [0.1, 0.15) is 5.75 Å². The number of amides is 1. The van der Waals surface area contributed by atoms with Gasteiger partial charge >= 0.3 is 0 Å². The molecule has 4 nitrogen and oxygen atoms in total. The molecule has 0 bridgehead atoms. The third-order valence-electron chi connectivity index (χ3n) is 2.83. The summed E-state index contributed by atoms with van der Waals surface area (Å²) in [5.74, 6) is 0.296. The number of ether oxygens (including phenoxy) is 1. The monoisotopic (exact) mass is 334 g/mol. The van der Waals surface area contributed by atoms with Crippen molar-refractivity contribution in [3.05, 3.63) is 58.1 Å². The van der Waals surface area contributed by atoms with Gasteiger partial charge in [0.2, 0.25) is 0 Å². The second kappa shape index (κ2) is 6.43. The summed E-state index contributed by atoms with van der Waals surface area (Å²) in [6.07, 6.45) is 0. The van der Waals surface area contributed by atoms with Crippen molar-refractivity contribution in [2.75, 3.05) is 12.8 Å². The zero-order valence-electron chi connectivity index (χ0n) is 11.0. The highest BCUT2D eigenvalue weighted by atomic mass is 79.9. The van der Waals surface area contributed by atoms with Crippen molar-refractivity contribution in [3.63, 3.8) is 0 Å². The van der Waals surface area contributed by atoms with Gasteiger partial charge in [0.05, 0.1) is 12.7 Å². The number of methoxy groups -OCH3 is 1. The van der Waals surface area contributed by atoms with Crippen LogP contribution in [-0.4, -0.2) is 13.0 Å². The highest BCUT2D eigenvalue weighted by Gasteiger charge is 2.12. The molecule has 0 aliphatic heterocycles. The molecule has 0 aliphatic rings. The van der Waals surface area contributed by atoms with Gasteiger partial charge in [-0.1, -0.05) is 28.1 Å². The minimum atomic E-state index is -0.211. The fourth-order valence-corrected chi connectivity index (χ4v) is 2.05. The Labute approximate surface area is 126 Å². The van der Waals surface area contributed by atoms with Gasteiger partial charge in [0.25, 0.3) is 5.91 Å². The predicted octanol–water partition coefficient (Wildman–Crippen LogP) is 2.97. The molecule has 0 atom stereocenters. The van der Waals surface area contributed by atoms with Crippen molar-refractivity contribution in [3.8, 4) is 5.75 Å². The standard InChI is InChI=1S/C15H15BrN2O2/c1-20-14-7-6-12(17)8-13(14)15(19)18-9-10-2-4-11(16)5-3-10/h2-8H,9,17H2,1H3,(H,18,19). The molecule has 104 valence electrons. The molecule has 0 saturated heterocycles. The van der Waals surface area contributed by atoms with E-state index in [-0.39, 0.29) is 5.91 Å². The van der Waals surface area contributed by atoms with Crippen molar-refractivity contribution >= 4 is 27.5 Å². The van der Waals surface area contributed by atoms with Crippen LogP contribution in [0.5, 0.6) is 5.75 Å². The van der Waals surface area contributed by atoms with Crippen LogP contribution in [0.3, 0.4) is 0 Å². The molecular weight excluding hydrogens is 320 g/mol. The number of nitrogens with two attached hydrogens (primary N) is 1. The molecular formula is C15H15BrN2O2. The predicted molar refractivity (Wildman–Crippen MR) is 82.7 cm³/mol. The lowest BCUT2D eigenvalue weighted by atomic mass is 10.1. The van der Waals surface area contributed by atoms with Crippen LogP contribution in [-0.2, 0) is 6.54 Å². The Bertz CT molecular complexity index is 612. The van der Waals surface area contributed by atoms with Crippen LogP contribution in [0.2, 0.25) is 0 Å². The quantitative estimate of drug-likeness (QED) is 0.845. The molecule has 0 unspecified atom stereocenters. The van der Waals surface area contributed by atoms with Crippen molar-refractivity contribution in [2.45, 2.75) is 6.54 Å². The largest absolute Gasteiger partial charge is 0.496 e. The van der Waals surface area contributed by atoms with Crippen molar-refractivity contribution in [2.24, 2.45) is 0 Å². The van der Waals surface area contributed by atoms with E-state index in [4.69, 9.17) is 10.5 Å². The molecule has 2 aromatic carbocycles. The van der Waals surface area contributed by atoms with E-state index in [0.29, 0.717) is 23.5 Å². The van der Waals surface area contributed by atoms with E-state index in [1.165, 1.54) is 7.11 Å². The number of nitrogens with one attached hydrogen (secondary N) is 1.